The Balaban J connectivity index is 2.14. The molecule has 2 N–H and O–H groups in total. The Bertz CT molecular complexity index is 840. The van der Waals surface area contributed by atoms with Crippen molar-refractivity contribution >= 4 is 46.4 Å². The van der Waals surface area contributed by atoms with Crippen molar-refractivity contribution in [2.45, 2.75) is 19.4 Å². The van der Waals surface area contributed by atoms with E-state index in [4.69, 9.17) is 23.2 Å². The number of nitrogens with one attached hydrogen (secondary N) is 2. The van der Waals surface area contributed by atoms with Gasteiger partial charge in [0.2, 0.25) is 11.8 Å². The molecule has 2 aromatic rings. The van der Waals surface area contributed by atoms with Crippen LogP contribution in [-0.2, 0) is 9.59 Å². The van der Waals surface area contributed by atoms with E-state index in [1.165, 1.54) is 25.1 Å². The maximum atomic E-state index is 12.3. The third-order valence-corrected chi connectivity index (χ3v) is 4.04. The van der Waals surface area contributed by atoms with Crippen LogP contribution >= 0.6 is 23.2 Å². The molecule has 0 saturated heterocycles. The van der Waals surface area contributed by atoms with Crippen molar-refractivity contribution in [2.75, 3.05) is 5.32 Å². The minimum atomic E-state index is -0.633. The zero-order valence-corrected chi connectivity index (χ0v) is 15.2. The Kier molecular flexibility index (Phi) is 6.54. The first kappa shape index (κ1) is 19.7. The van der Waals surface area contributed by atoms with E-state index in [2.05, 4.69) is 10.6 Å². The minimum absolute atomic E-state index is 0.0229. The van der Waals surface area contributed by atoms with Gasteiger partial charge in [0.1, 0.15) is 5.02 Å². The van der Waals surface area contributed by atoms with Gasteiger partial charge in [-0.15, -0.1) is 0 Å². The van der Waals surface area contributed by atoms with Gasteiger partial charge in [-0.3, -0.25) is 19.7 Å². The number of rotatable bonds is 6. The molecule has 0 spiro atoms. The largest absolute Gasteiger partial charge is 0.349 e. The van der Waals surface area contributed by atoms with E-state index in [0.717, 1.165) is 0 Å². The maximum Gasteiger partial charge on any atom is 0.289 e. The molecule has 136 valence electrons. The molecule has 7 nitrogen and oxygen atoms in total. The van der Waals surface area contributed by atoms with Crippen molar-refractivity contribution in [1.82, 2.24) is 5.32 Å². The zero-order valence-electron chi connectivity index (χ0n) is 13.7. The molecule has 0 radical (unpaired) electrons. The Labute approximate surface area is 159 Å². The average molecular weight is 396 g/mol. The van der Waals surface area contributed by atoms with Crippen LogP contribution in [0, 0.1) is 10.1 Å². The molecule has 1 unspecified atom stereocenters. The van der Waals surface area contributed by atoms with Gasteiger partial charge < -0.3 is 10.6 Å². The van der Waals surface area contributed by atoms with Gasteiger partial charge in [0.05, 0.1) is 17.4 Å². The highest BCUT2D eigenvalue weighted by Crippen LogP contribution is 2.28. The van der Waals surface area contributed by atoms with Crippen LogP contribution in [0.5, 0.6) is 0 Å². The Morgan fingerprint density at radius 2 is 1.81 bits per heavy atom. The van der Waals surface area contributed by atoms with Crippen molar-refractivity contribution < 1.29 is 14.5 Å². The summed E-state index contributed by atoms with van der Waals surface area (Å²) in [5.41, 5.74) is 0.645. The number of nitro groups is 1. The molecular weight excluding hydrogens is 381 g/mol. The smallest absolute Gasteiger partial charge is 0.289 e. The average Bonchev–Trinajstić information content (AvgIpc) is 2.56. The minimum Gasteiger partial charge on any atom is -0.349 e. The Morgan fingerprint density at radius 1 is 1.15 bits per heavy atom. The second-order valence-corrected chi connectivity index (χ2v) is 6.32. The molecule has 0 heterocycles. The van der Waals surface area contributed by atoms with Crippen molar-refractivity contribution in [3.8, 4) is 0 Å². The number of carbonyl (C=O) groups is 2. The summed E-state index contributed by atoms with van der Waals surface area (Å²) in [4.78, 5) is 34.0. The number of benzene rings is 2. The predicted octanol–water partition coefficient (Wildman–Crippen LogP) is 4.11. The van der Waals surface area contributed by atoms with E-state index in [0.29, 0.717) is 10.6 Å². The van der Waals surface area contributed by atoms with Gasteiger partial charge in [0, 0.05) is 23.7 Å². The number of nitrogens with zero attached hydrogens (tertiary/aromatic N) is 1. The molecule has 9 heteroatoms. The normalized spacial score (nSPS) is 11.5. The SMILES string of the molecule is CC(=O)NC(CC(=O)Nc1ccc(Cl)c([N+](=O)[O-])c1)c1ccc(Cl)cc1. The van der Waals surface area contributed by atoms with Crippen LogP contribution in [0.1, 0.15) is 24.9 Å². The quantitative estimate of drug-likeness (QED) is 0.567. The van der Waals surface area contributed by atoms with Crippen molar-refractivity contribution in [2.24, 2.45) is 0 Å². The lowest BCUT2D eigenvalue weighted by molar-refractivity contribution is -0.384. The number of hydrogen-bond acceptors (Lipinski definition) is 4. The highest BCUT2D eigenvalue weighted by Gasteiger charge is 2.19. The Morgan fingerprint density at radius 3 is 2.38 bits per heavy atom. The van der Waals surface area contributed by atoms with Crippen molar-refractivity contribution in [3.05, 3.63) is 68.2 Å². The first-order valence-corrected chi connectivity index (χ1v) is 8.28. The lowest BCUT2D eigenvalue weighted by Crippen LogP contribution is -2.29. The van der Waals surface area contributed by atoms with E-state index in [-0.39, 0.29) is 28.7 Å². The van der Waals surface area contributed by atoms with E-state index in [1.807, 2.05) is 0 Å². The summed E-state index contributed by atoms with van der Waals surface area (Å²) in [6.45, 7) is 1.35. The molecular formula is C17H15Cl2N3O4. The second kappa shape index (κ2) is 8.64. The summed E-state index contributed by atoms with van der Waals surface area (Å²) >= 11 is 11.6. The van der Waals surface area contributed by atoms with Crippen LogP contribution in [0.2, 0.25) is 10.0 Å². The number of anilines is 1. The van der Waals surface area contributed by atoms with E-state index >= 15 is 0 Å². The van der Waals surface area contributed by atoms with Crippen LogP contribution in [0.3, 0.4) is 0 Å². The van der Waals surface area contributed by atoms with Crippen molar-refractivity contribution in [3.63, 3.8) is 0 Å². The zero-order chi connectivity index (χ0) is 19.3. The molecule has 0 fully saturated rings. The maximum absolute atomic E-state index is 12.3. The molecule has 0 aliphatic heterocycles. The molecule has 0 saturated carbocycles. The van der Waals surface area contributed by atoms with Gasteiger partial charge >= 0.3 is 0 Å². The molecule has 2 aromatic carbocycles. The molecule has 0 aliphatic rings. The van der Waals surface area contributed by atoms with E-state index < -0.39 is 16.9 Å². The lowest BCUT2D eigenvalue weighted by atomic mass is 10.0. The van der Waals surface area contributed by atoms with Gasteiger partial charge in [0.15, 0.2) is 0 Å². The molecule has 0 bridgehead atoms. The number of halogens is 2. The van der Waals surface area contributed by atoms with E-state index in [1.54, 1.807) is 24.3 Å². The van der Waals surface area contributed by atoms with Gasteiger partial charge in [-0.2, -0.15) is 0 Å². The highest BCUT2D eigenvalue weighted by molar-refractivity contribution is 6.32. The van der Waals surface area contributed by atoms with Gasteiger partial charge in [-0.25, -0.2) is 0 Å². The van der Waals surface area contributed by atoms with Crippen LogP contribution < -0.4 is 10.6 Å². The van der Waals surface area contributed by atoms with Gasteiger partial charge in [-0.1, -0.05) is 35.3 Å². The fourth-order valence-electron chi connectivity index (χ4n) is 2.32. The monoisotopic (exact) mass is 395 g/mol. The van der Waals surface area contributed by atoms with Gasteiger partial charge in [-0.05, 0) is 29.8 Å². The number of amides is 2. The fourth-order valence-corrected chi connectivity index (χ4v) is 2.63. The third-order valence-electron chi connectivity index (χ3n) is 3.47. The summed E-state index contributed by atoms with van der Waals surface area (Å²) in [5, 5.41) is 16.7. The molecule has 26 heavy (non-hydrogen) atoms. The topological polar surface area (TPSA) is 101 Å². The van der Waals surface area contributed by atoms with Crippen LogP contribution in [-0.4, -0.2) is 16.7 Å². The summed E-state index contributed by atoms with van der Waals surface area (Å²) in [6, 6.07) is 10.1. The first-order valence-electron chi connectivity index (χ1n) is 7.52. The second-order valence-electron chi connectivity index (χ2n) is 5.48. The third kappa shape index (κ3) is 5.44. The van der Waals surface area contributed by atoms with Crippen molar-refractivity contribution in [1.29, 1.82) is 0 Å². The molecule has 0 aliphatic carbocycles. The summed E-state index contributed by atoms with van der Waals surface area (Å²) in [5.74, 6) is -0.713. The molecule has 1 atom stereocenters. The summed E-state index contributed by atoms with van der Waals surface area (Å²) in [6.07, 6.45) is -0.0579. The Hall–Kier alpha value is -2.64. The molecule has 2 amide bonds. The number of hydrogen-bond donors (Lipinski definition) is 2. The predicted molar refractivity (Wildman–Crippen MR) is 99.4 cm³/mol. The number of nitro benzene ring substituents is 1. The fraction of sp³-hybridized carbons (Fsp3) is 0.176. The summed E-state index contributed by atoms with van der Waals surface area (Å²) in [7, 11) is 0. The summed E-state index contributed by atoms with van der Waals surface area (Å²) < 4.78 is 0. The lowest BCUT2D eigenvalue weighted by Gasteiger charge is -2.18. The van der Waals surface area contributed by atoms with Crippen LogP contribution in [0.4, 0.5) is 11.4 Å². The van der Waals surface area contributed by atoms with E-state index in [9.17, 15) is 19.7 Å². The van der Waals surface area contributed by atoms with Crippen LogP contribution in [0.25, 0.3) is 0 Å². The first-order chi connectivity index (χ1) is 12.3. The van der Waals surface area contributed by atoms with Gasteiger partial charge in [0.25, 0.3) is 5.69 Å². The van der Waals surface area contributed by atoms with Crippen LogP contribution in [0.15, 0.2) is 42.5 Å². The molecule has 0 aromatic heterocycles. The number of carbonyl (C=O) groups excluding carboxylic acids is 2. The highest BCUT2D eigenvalue weighted by atomic mass is 35.5. The molecule has 2 rings (SSSR count). The standard InChI is InChI=1S/C17H15Cl2N3O4/c1-10(23)20-15(11-2-4-12(18)5-3-11)9-17(24)21-13-6-7-14(19)16(8-13)22(25)26/h2-8,15H,9H2,1H3,(H,20,23)(H,21,24).